The van der Waals surface area contributed by atoms with Crippen molar-refractivity contribution in [1.82, 2.24) is 19.7 Å². The van der Waals surface area contributed by atoms with E-state index in [1.54, 1.807) is 16.8 Å². The summed E-state index contributed by atoms with van der Waals surface area (Å²) in [6, 6.07) is 23.0. The molecule has 0 unspecified atom stereocenters. The van der Waals surface area contributed by atoms with E-state index in [1.807, 2.05) is 54.6 Å². The quantitative estimate of drug-likeness (QED) is 0.319. The number of hydrogen-bond donors (Lipinski definition) is 1. The van der Waals surface area contributed by atoms with Crippen LogP contribution < -0.4 is 10.5 Å². The largest absolute Gasteiger partial charge is 0.457 e. The first kappa shape index (κ1) is 19.2. The van der Waals surface area contributed by atoms with Gasteiger partial charge in [0.25, 0.3) is 5.69 Å². The van der Waals surface area contributed by atoms with Crippen LogP contribution in [0.5, 0.6) is 11.5 Å². The molecule has 2 N–H and O–H groups in total. The zero-order valence-corrected chi connectivity index (χ0v) is 16.6. The number of nitrogens with zero attached hydrogens (tertiary/aromatic N) is 5. The standard InChI is InChI=1S/C23H16N6O3/c24-22-20-21(15-6-12-19(13-7-15)32-18-4-2-1-3-5-18)27-28(23(20)26-14-25-22)16-8-10-17(11-9-16)29(30)31/h1-14H,(H2,24,25,26). The van der Waals surface area contributed by atoms with Gasteiger partial charge in [-0.1, -0.05) is 18.2 Å². The third-order valence-electron chi connectivity index (χ3n) is 4.91. The second-order valence-corrected chi connectivity index (χ2v) is 6.93. The fraction of sp³-hybridized carbons (Fsp3) is 0. The predicted molar refractivity (Wildman–Crippen MR) is 120 cm³/mol. The second kappa shape index (κ2) is 7.80. The highest BCUT2D eigenvalue weighted by atomic mass is 16.6. The van der Waals surface area contributed by atoms with Gasteiger partial charge in [0.05, 0.1) is 16.0 Å². The molecule has 0 saturated heterocycles. The van der Waals surface area contributed by atoms with Crippen LogP contribution in [0.3, 0.4) is 0 Å². The summed E-state index contributed by atoms with van der Waals surface area (Å²) in [5.41, 5.74) is 8.69. The molecule has 0 spiro atoms. The molecule has 0 aliphatic rings. The molecular weight excluding hydrogens is 408 g/mol. The Morgan fingerprint density at radius 1 is 0.875 bits per heavy atom. The average molecular weight is 424 g/mol. The smallest absolute Gasteiger partial charge is 0.269 e. The molecule has 156 valence electrons. The molecule has 9 nitrogen and oxygen atoms in total. The summed E-state index contributed by atoms with van der Waals surface area (Å²) < 4.78 is 7.45. The molecule has 0 saturated carbocycles. The van der Waals surface area contributed by atoms with Gasteiger partial charge in [-0.3, -0.25) is 10.1 Å². The van der Waals surface area contributed by atoms with Crippen LogP contribution in [0.15, 0.2) is 85.2 Å². The Morgan fingerprint density at radius 2 is 1.56 bits per heavy atom. The highest BCUT2D eigenvalue weighted by molar-refractivity contribution is 5.98. The normalized spacial score (nSPS) is 10.9. The highest BCUT2D eigenvalue weighted by Gasteiger charge is 2.18. The van der Waals surface area contributed by atoms with Crippen LogP contribution in [0, 0.1) is 10.1 Å². The van der Waals surface area contributed by atoms with Gasteiger partial charge in [-0.15, -0.1) is 0 Å². The van der Waals surface area contributed by atoms with E-state index in [-0.39, 0.29) is 5.69 Å². The van der Waals surface area contributed by atoms with Crippen molar-refractivity contribution in [3.8, 4) is 28.4 Å². The number of anilines is 1. The zero-order chi connectivity index (χ0) is 22.1. The van der Waals surface area contributed by atoms with E-state index in [2.05, 4.69) is 9.97 Å². The lowest BCUT2D eigenvalue weighted by atomic mass is 10.1. The minimum Gasteiger partial charge on any atom is -0.457 e. The van der Waals surface area contributed by atoms with Crippen LogP contribution in [-0.4, -0.2) is 24.7 Å². The van der Waals surface area contributed by atoms with Gasteiger partial charge in [-0.25, -0.2) is 14.6 Å². The molecule has 0 amide bonds. The monoisotopic (exact) mass is 424 g/mol. The molecule has 2 aromatic heterocycles. The zero-order valence-electron chi connectivity index (χ0n) is 16.6. The van der Waals surface area contributed by atoms with Crippen molar-refractivity contribution in [3.63, 3.8) is 0 Å². The number of nitro groups is 1. The van der Waals surface area contributed by atoms with Crippen LogP contribution in [-0.2, 0) is 0 Å². The lowest BCUT2D eigenvalue weighted by molar-refractivity contribution is -0.384. The Labute approximate surface area is 181 Å². The topological polar surface area (TPSA) is 122 Å². The van der Waals surface area contributed by atoms with Crippen LogP contribution >= 0.6 is 0 Å². The van der Waals surface area contributed by atoms with Crippen molar-refractivity contribution in [2.75, 3.05) is 5.73 Å². The lowest BCUT2D eigenvalue weighted by Gasteiger charge is -2.06. The van der Waals surface area contributed by atoms with Gasteiger partial charge in [0, 0.05) is 17.7 Å². The van der Waals surface area contributed by atoms with Gasteiger partial charge in [0.2, 0.25) is 0 Å². The van der Waals surface area contributed by atoms with E-state index in [9.17, 15) is 10.1 Å². The maximum atomic E-state index is 11.0. The highest BCUT2D eigenvalue weighted by Crippen LogP contribution is 2.33. The molecule has 0 atom stereocenters. The SMILES string of the molecule is Nc1ncnc2c1c(-c1ccc(Oc3ccccc3)cc1)nn2-c1ccc([N+](=O)[O-])cc1. The summed E-state index contributed by atoms with van der Waals surface area (Å²) in [4.78, 5) is 19.0. The lowest BCUT2D eigenvalue weighted by Crippen LogP contribution is -1.99. The predicted octanol–water partition coefficient (Wildman–Crippen LogP) is 4.77. The first-order valence-corrected chi connectivity index (χ1v) is 9.67. The maximum Gasteiger partial charge on any atom is 0.269 e. The number of non-ortho nitro benzene ring substituents is 1. The Bertz CT molecular complexity index is 1410. The minimum absolute atomic E-state index is 0.00594. The van der Waals surface area contributed by atoms with Crippen LogP contribution in [0.4, 0.5) is 11.5 Å². The molecule has 0 radical (unpaired) electrons. The number of ether oxygens (including phenoxy) is 1. The number of benzene rings is 3. The average Bonchev–Trinajstić information content (AvgIpc) is 3.21. The molecule has 3 aromatic carbocycles. The van der Waals surface area contributed by atoms with Gasteiger partial charge in [0.1, 0.15) is 29.3 Å². The summed E-state index contributed by atoms with van der Waals surface area (Å²) >= 11 is 0. The molecule has 5 aromatic rings. The van der Waals surface area contributed by atoms with Crippen LogP contribution in [0.2, 0.25) is 0 Å². The Morgan fingerprint density at radius 3 is 2.25 bits per heavy atom. The Balaban J connectivity index is 1.56. The Kier molecular flexibility index (Phi) is 4.68. The van der Waals surface area contributed by atoms with Gasteiger partial charge >= 0.3 is 0 Å². The summed E-state index contributed by atoms with van der Waals surface area (Å²) in [5.74, 6) is 1.72. The molecule has 9 heteroatoms. The first-order chi connectivity index (χ1) is 15.6. The summed E-state index contributed by atoms with van der Waals surface area (Å²) in [7, 11) is 0. The fourth-order valence-corrected chi connectivity index (χ4v) is 3.38. The second-order valence-electron chi connectivity index (χ2n) is 6.93. The van der Waals surface area contributed by atoms with E-state index in [1.165, 1.54) is 18.5 Å². The van der Waals surface area contributed by atoms with Gasteiger partial charge in [-0.2, -0.15) is 5.10 Å². The summed E-state index contributed by atoms with van der Waals surface area (Å²) in [5, 5.41) is 16.3. The molecule has 5 rings (SSSR count). The number of nitrogens with two attached hydrogens (primary N) is 1. The van der Waals surface area contributed by atoms with E-state index in [4.69, 9.17) is 15.6 Å². The molecule has 0 aliphatic heterocycles. The summed E-state index contributed by atoms with van der Waals surface area (Å²) in [6.45, 7) is 0. The number of aromatic nitrogens is 4. The third kappa shape index (κ3) is 3.47. The minimum atomic E-state index is -0.449. The molecule has 0 aliphatic carbocycles. The van der Waals surface area contributed by atoms with Crippen molar-refractivity contribution >= 4 is 22.5 Å². The van der Waals surface area contributed by atoms with Crippen molar-refractivity contribution in [3.05, 3.63) is 95.3 Å². The number of para-hydroxylation sites is 1. The number of fused-ring (bicyclic) bond motifs is 1. The van der Waals surface area contributed by atoms with E-state index < -0.39 is 4.92 Å². The Hall–Kier alpha value is -4.79. The van der Waals surface area contributed by atoms with Crippen LogP contribution in [0.1, 0.15) is 0 Å². The summed E-state index contributed by atoms with van der Waals surface area (Å²) in [6.07, 6.45) is 1.36. The van der Waals surface area contributed by atoms with Crippen LogP contribution in [0.25, 0.3) is 28.0 Å². The van der Waals surface area contributed by atoms with Gasteiger partial charge in [-0.05, 0) is 48.5 Å². The molecule has 32 heavy (non-hydrogen) atoms. The van der Waals surface area contributed by atoms with Gasteiger partial charge < -0.3 is 10.5 Å². The number of hydrogen-bond acceptors (Lipinski definition) is 7. The van der Waals surface area contributed by atoms with E-state index in [0.29, 0.717) is 34.0 Å². The van der Waals surface area contributed by atoms with Crippen molar-refractivity contribution in [2.45, 2.75) is 0 Å². The fourth-order valence-electron chi connectivity index (χ4n) is 3.38. The van der Waals surface area contributed by atoms with Crippen molar-refractivity contribution in [2.24, 2.45) is 0 Å². The maximum absolute atomic E-state index is 11.0. The molecule has 0 bridgehead atoms. The number of rotatable bonds is 5. The van der Waals surface area contributed by atoms with E-state index in [0.717, 1.165) is 11.3 Å². The van der Waals surface area contributed by atoms with E-state index >= 15 is 0 Å². The van der Waals surface area contributed by atoms with Crippen molar-refractivity contribution in [1.29, 1.82) is 0 Å². The molecular formula is C23H16N6O3. The first-order valence-electron chi connectivity index (χ1n) is 9.67. The number of nitro benzene ring substituents is 1. The van der Waals surface area contributed by atoms with Gasteiger partial charge in [0.15, 0.2) is 5.65 Å². The molecule has 0 fully saturated rings. The number of nitrogen functional groups attached to an aromatic ring is 1. The third-order valence-corrected chi connectivity index (χ3v) is 4.91. The molecule has 2 heterocycles. The van der Waals surface area contributed by atoms with Crippen molar-refractivity contribution < 1.29 is 9.66 Å².